The summed E-state index contributed by atoms with van der Waals surface area (Å²) in [5, 5.41) is 107. The second-order valence-corrected chi connectivity index (χ2v) is 28.1. The van der Waals surface area contributed by atoms with Gasteiger partial charge in [-0.1, -0.05) is 91.8 Å². The average molecular weight is 1450 g/mol. The van der Waals surface area contributed by atoms with Crippen molar-refractivity contribution < 1.29 is 69.3 Å². The van der Waals surface area contributed by atoms with Crippen LogP contribution in [0.25, 0.3) is 0 Å². The fourth-order valence-electron chi connectivity index (χ4n) is 11.9. The smallest absolute Gasteiger partial charge is 0.233 e. The number of para-hydroxylation sites is 2. The largest absolute Gasteiger partial charge is 0.493 e. The molecule has 556 valence electrons. The molecule has 20 N–H and O–H groups in total. The van der Waals surface area contributed by atoms with Crippen molar-refractivity contribution in [1.29, 1.82) is 0 Å². The normalized spacial score (nSPS) is 21.2. The number of thiocarbonyl (C=S) groups is 2. The van der Waals surface area contributed by atoms with E-state index < -0.39 is 85.3 Å². The Bertz CT molecular complexity index is 3470. The van der Waals surface area contributed by atoms with Crippen LogP contribution in [0.4, 0.5) is 47.1 Å². The molecule has 0 unspecified atom stereocenters. The van der Waals surface area contributed by atoms with E-state index in [2.05, 4.69) is 114 Å². The predicted octanol–water partition coefficient (Wildman–Crippen LogP) is 3.94. The van der Waals surface area contributed by atoms with E-state index in [0.717, 1.165) is 93.2 Å². The minimum absolute atomic E-state index is 0.0292. The summed E-state index contributed by atoms with van der Waals surface area (Å²) in [4.78, 5) is 27.5. The molecule has 2 fully saturated rings. The first kappa shape index (κ1) is 78.0. The van der Waals surface area contributed by atoms with Gasteiger partial charge >= 0.3 is 0 Å². The van der Waals surface area contributed by atoms with E-state index in [1.165, 1.54) is 0 Å². The number of anilines is 8. The Hall–Kier alpha value is -8.12. The lowest BCUT2D eigenvalue weighted by molar-refractivity contribution is -0.232. The van der Waals surface area contributed by atoms with Gasteiger partial charge in [0.05, 0.1) is 39.6 Å². The number of hydrogen-bond acceptors (Lipinski definition) is 28. The molecule has 2 aromatic heterocycles. The van der Waals surface area contributed by atoms with Crippen LogP contribution in [0.5, 0.6) is 23.0 Å². The van der Waals surface area contributed by atoms with E-state index in [0.29, 0.717) is 89.7 Å². The second kappa shape index (κ2) is 35.9. The fourth-order valence-corrected chi connectivity index (χ4v) is 12.3. The highest BCUT2D eigenvalue weighted by molar-refractivity contribution is 7.80. The quantitative estimate of drug-likeness (QED) is 0.0283. The van der Waals surface area contributed by atoms with Crippen LogP contribution in [-0.4, -0.2) is 208 Å². The molecule has 6 aromatic rings. The van der Waals surface area contributed by atoms with Gasteiger partial charge in [-0.2, -0.15) is 29.9 Å². The van der Waals surface area contributed by atoms with Crippen molar-refractivity contribution in [3.8, 4) is 23.0 Å². The molecular formula is C70H100N16O14S2. The Morgan fingerprint density at radius 2 is 0.755 bits per heavy atom. The zero-order valence-corrected chi connectivity index (χ0v) is 60.6. The Morgan fingerprint density at radius 3 is 1.06 bits per heavy atom. The van der Waals surface area contributed by atoms with Gasteiger partial charge in [0.15, 0.2) is 22.7 Å². The van der Waals surface area contributed by atoms with Gasteiger partial charge in [0.1, 0.15) is 71.8 Å². The molecule has 0 spiro atoms. The zero-order valence-electron chi connectivity index (χ0n) is 59.0. The number of nitrogens with zero attached hydrogens (tertiary/aromatic N) is 6. The number of aliphatic hydroxyl groups is 8. The van der Waals surface area contributed by atoms with Crippen LogP contribution in [0.3, 0.4) is 0 Å². The third kappa shape index (κ3) is 20.6. The van der Waals surface area contributed by atoms with E-state index in [1.807, 2.05) is 64.1 Å². The van der Waals surface area contributed by atoms with Gasteiger partial charge in [0.25, 0.3) is 0 Å². The third-order valence-corrected chi connectivity index (χ3v) is 17.7. The number of fused-ring (bicyclic) bond motifs is 8. The van der Waals surface area contributed by atoms with Crippen molar-refractivity contribution in [3.63, 3.8) is 0 Å². The molecule has 3 aliphatic rings. The maximum atomic E-state index is 10.6. The molecule has 2 aliphatic heterocycles. The molecule has 9 rings (SSSR count). The van der Waals surface area contributed by atoms with Gasteiger partial charge in [-0.15, -0.1) is 0 Å². The summed E-state index contributed by atoms with van der Waals surface area (Å²) in [6, 6.07) is 20.6. The van der Waals surface area contributed by atoms with Crippen molar-refractivity contribution in [3.05, 3.63) is 105 Å². The summed E-state index contributed by atoms with van der Waals surface area (Å²) >= 11 is 11.0. The monoisotopic (exact) mass is 1450 g/mol. The highest BCUT2D eigenvalue weighted by atomic mass is 32.1. The molecular weight excluding hydrogens is 1350 g/mol. The van der Waals surface area contributed by atoms with Crippen molar-refractivity contribution in [2.24, 2.45) is 10.8 Å². The van der Waals surface area contributed by atoms with Crippen LogP contribution in [0.15, 0.2) is 60.7 Å². The van der Waals surface area contributed by atoms with E-state index in [1.54, 1.807) is 0 Å². The molecule has 2 saturated heterocycles. The topological polar surface area (TPSA) is 443 Å². The minimum atomic E-state index is -1.57. The van der Waals surface area contributed by atoms with E-state index in [-0.39, 0.29) is 45.9 Å². The molecule has 102 heavy (non-hydrogen) atoms. The predicted molar refractivity (Wildman–Crippen MR) is 395 cm³/mol. The molecule has 0 saturated carbocycles. The molecule has 30 nitrogen and oxygen atoms in total. The highest BCUT2D eigenvalue weighted by Crippen LogP contribution is 2.42. The van der Waals surface area contributed by atoms with Crippen LogP contribution in [0, 0.1) is 10.8 Å². The first-order valence-corrected chi connectivity index (χ1v) is 35.4. The van der Waals surface area contributed by atoms with Crippen molar-refractivity contribution in [2.45, 2.75) is 168 Å². The van der Waals surface area contributed by atoms with Crippen LogP contribution in [-0.2, 0) is 35.2 Å². The number of hydrogen-bond donors (Lipinski definition) is 18. The van der Waals surface area contributed by atoms with Gasteiger partial charge in [0, 0.05) is 85.5 Å². The van der Waals surface area contributed by atoms with Gasteiger partial charge in [-0.05, 0) is 107 Å². The Labute approximate surface area is 604 Å². The van der Waals surface area contributed by atoms with E-state index in [4.69, 9.17) is 74.3 Å². The molecule has 1 aliphatic carbocycles. The van der Waals surface area contributed by atoms with Crippen molar-refractivity contribution in [2.75, 3.05) is 98.6 Å². The van der Waals surface area contributed by atoms with Gasteiger partial charge in [-0.25, -0.2) is 0 Å². The zero-order chi connectivity index (χ0) is 73.4. The number of rotatable bonds is 30. The highest BCUT2D eigenvalue weighted by Gasteiger charge is 2.45. The standard InChI is InChI=1S/C70H100N16O14S2/c1-9-19-95-55-37-15-13-16-38(55)24-42-28-46(78-66-84-62(72)82-64(86-66)74-34-70(7,8)36-76-68(102)80-60-54(94)52(92)50(90)48(32-88)100-60)30-44(58(42)98-22-12-4)26-40-18-14-17-39(56(40)96-20-10-2)25-43-29-45(27-41(23-37)57(43)97-21-11-3)77-65-83-61(71)81-63(85-65)73-33-69(5,6)35-75-67(101)79-59-53(93)51(91)49(89)47(31-87)99-59/h13-18,27-30,47-54,59-60,87-94H,9-12,19-26,31-36H2,1-8H3,(H2,75,79,101)(H2,76,80,102)(H4,71,73,77,81,83,85)(H4,72,74,78,82,84,86)/t47-,48-,49-,50-,51+,52+,53-,54-,59-,60-/m1/s1. The summed E-state index contributed by atoms with van der Waals surface area (Å²) in [5.74, 6) is 3.64. The van der Waals surface area contributed by atoms with Crippen molar-refractivity contribution >= 4 is 81.7 Å². The number of ether oxygens (including phenoxy) is 6. The van der Waals surface area contributed by atoms with E-state index >= 15 is 0 Å². The molecule has 4 aromatic carbocycles. The van der Waals surface area contributed by atoms with Gasteiger partial charge in [0.2, 0.25) is 35.7 Å². The summed E-state index contributed by atoms with van der Waals surface area (Å²) in [5.41, 5.74) is 20.3. The van der Waals surface area contributed by atoms with Crippen LogP contribution in [0.2, 0.25) is 0 Å². The van der Waals surface area contributed by atoms with Gasteiger partial charge < -0.3 is 123 Å². The molecule has 32 heteroatoms. The fraction of sp³-hybridized carbons (Fsp3) is 0.543. The number of aliphatic hydroxyl groups excluding tert-OH is 8. The molecule has 0 amide bonds. The van der Waals surface area contributed by atoms with Crippen LogP contribution >= 0.6 is 24.4 Å². The maximum Gasteiger partial charge on any atom is 0.233 e. The first-order valence-electron chi connectivity index (χ1n) is 34.6. The average Bonchev–Trinajstić information content (AvgIpc) is 0.794. The molecule has 10 atom stereocenters. The lowest BCUT2D eigenvalue weighted by Gasteiger charge is -2.40. The SMILES string of the molecule is CCCOc1c2cccc1Cc1cc(Nc3nc(N)nc(NCC(C)(C)CNC(=S)N[C@@H]4O[C@H](CO)[C@@H](O)[C@H](O)[C@H]4O)n3)cc(c1OCCC)Cc1cccc(c1OCCC)Cc1cc(Nc3nc(N)nc(NCC(C)(C)CNC(=S)N[C@@H]4O[C@H](CO)[C@@H](O)[C@H](O)[C@H]4O)n3)cc(c1OCCC)C2. The Kier molecular flexibility index (Phi) is 27.4. The number of nitrogens with two attached hydrogens (primary N) is 2. The lowest BCUT2D eigenvalue weighted by Crippen LogP contribution is -2.64. The third-order valence-electron chi connectivity index (χ3n) is 17.2. The van der Waals surface area contributed by atoms with Crippen LogP contribution < -0.4 is 72.9 Å². The molecule has 8 bridgehead atoms. The lowest BCUT2D eigenvalue weighted by atomic mass is 9.90. The number of benzene rings is 4. The van der Waals surface area contributed by atoms with Crippen LogP contribution in [0.1, 0.15) is 126 Å². The summed E-state index contributed by atoms with van der Waals surface area (Å²) in [7, 11) is 0. The molecule has 4 heterocycles. The minimum Gasteiger partial charge on any atom is -0.493 e. The Balaban J connectivity index is 1.02. The van der Waals surface area contributed by atoms with E-state index in [9.17, 15) is 40.9 Å². The second-order valence-electron chi connectivity index (χ2n) is 27.3. The number of aromatic nitrogens is 6. The van der Waals surface area contributed by atoms with Crippen molar-refractivity contribution in [1.82, 2.24) is 51.2 Å². The Morgan fingerprint density at radius 1 is 0.451 bits per heavy atom. The summed E-state index contributed by atoms with van der Waals surface area (Å²) in [6.45, 7) is 18.2. The number of nitrogens with one attached hydrogen (secondary N) is 8. The number of nitrogen functional groups attached to an aromatic ring is 2. The summed E-state index contributed by atoms with van der Waals surface area (Å²) in [6.07, 6.45) is -9.22. The maximum absolute atomic E-state index is 10.6. The summed E-state index contributed by atoms with van der Waals surface area (Å²) < 4.78 is 38.6. The first-order chi connectivity index (χ1) is 48.8. The van der Waals surface area contributed by atoms with Gasteiger partial charge in [-0.3, -0.25) is 0 Å². The molecule has 0 radical (unpaired) electrons.